The molecule has 0 bridgehead atoms. The van der Waals surface area contributed by atoms with E-state index in [0.717, 1.165) is 30.9 Å². The molecule has 2 aromatic carbocycles. The van der Waals surface area contributed by atoms with Gasteiger partial charge in [-0.2, -0.15) is 4.68 Å². The number of benzene rings is 2. The molecular weight excluding hydrogens is 334 g/mol. The highest BCUT2D eigenvalue weighted by Gasteiger charge is 2.30. The van der Waals surface area contributed by atoms with Crippen LogP contribution in [0.2, 0.25) is 5.02 Å². The second-order valence-electron chi connectivity index (χ2n) is 6.24. The van der Waals surface area contributed by atoms with Gasteiger partial charge in [-0.05, 0) is 60.0 Å². The Balaban J connectivity index is 1.78. The molecule has 3 aromatic rings. The Morgan fingerprint density at radius 1 is 1.08 bits per heavy atom. The lowest BCUT2D eigenvalue weighted by molar-refractivity contribution is 0.329. The maximum atomic E-state index is 5.98. The fourth-order valence-corrected chi connectivity index (χ4v) is 2.90. The van der Waals surface area contributed by atoms with Gasteiger partial charge < -0.3 is 5.32 Å². The van der Waals surface area contributed by atoms with Crippen LogP contribution in [0.5, 0.6) is 0 Å². The van der Waals surface area contributed by atoms with Crippen molar-refractivity contribution < 1.29 is 0 Å². The van der Waals surface area contributed by atoms with Crippen molar-refractivity contribution in [3.8, 4) is 5.69 Å². The lowest BCUT2D eigenvalue weighted by atomic mass is 9.97. The topological polar surface area (TPSA) is 55.6 Å². The normalized spacial score (nSPS) is 13.6. The zero-order valence-electron chi connectivity index (χ0n) is 14.5. The summed E-state index contributed by atoms with van der Waals surface area (Å²) < 4.78 is 1.77. The molecule has 5 nitrogen and oxygen atoms in total. The zero-order chi connectivity index (χ0) is 17.7. The number of hydrogen-bond donors (Lipinski definition) is 1. The molecule has 0 aliphatic rings. The predicted molar refractivity (Wildman–Crippen MR) is 100.0 cm³/mol. The van der Waals surface area contributed by atoms with Crippen LogP contribution in [0.4, 0.5) is 0 Å². The molecule has 1 atom stereocenters. The highest BCUT2D eigenvalue weighted by Crippen LogP contribution is 2.24. The van der Waals surface area contributed by atoms with Gasteiger partial charge in [0.1, 0.15) is 0 Å². The summed E-state index contributed by atoms with van der Waals surface area (Å²) in [6.45, 7) is 5.12. The number of rotatable bonds is 7. The average Bonchev–Trinajstić information content (AvgIpc) is 3.13. The summed E-state index contributed by atoms with van der Waals surface area (Å²) in [5.74, 6) is 0.797. The smallest absolute Gasteiger partial charge is 0.176 e. The standard InChI is InChI=1S/C19H22ClN5/c1-3-19(2,21-14-13-15-7-5-4-6-8-15)18-22-23-24-25(18)17-11-9-16(20)10-12-17/h4-12,21H,3,13-14H2,1-2H3/t19-/m1/s1. The van der Waals surface area contributed by atoms with E-state index in [4.69, 9.17) is 11.6 Å². The highest BCUT2D eigenvalue weighted by molar-refractivity contribution is 6.30. The largest absolute Gasteiger partial charge is 0.305 e. The predicted octanol–water partition coefficient (Wildman–Crippen LogP) is 3.77. The van der Waals surface area contributed by atoms with Crippen molar-refractivity contribution in [3.05, 3.63) is 71.0 Å². The van der Waals surface area contributed by atoms with Crippen molar-refractivity contribution >= 4 is 11.6 Å². The van der Waals surface area contributed by atoms with Crippen LogP contribution in [-0.2, 0) is 12.0 Å². The number of hydrogen-bond acceptors (Lipinski definition) is 4. The van der Waals surface area contributed by atoms with E-state index in [1.54, 1.807) is 4.68 Å². The van der Waals surface area contributed by atoms with E-state index >= 15 is 0 Å². The molecule has 130 valence electrons. The van der Waals surface area contributed by atoms with E-state index in [9.17, 15) is 0 Å². The van der Waals surface area contributed by atoms with Crippen molar-refractivity contribution in [2.45, 2.75) is 32.2 Å². The van der Waals surface area contributed by atoms with E-state index in [2.05, 4.69) is 59.0 Å². The molecular formula is C19H22ClN5. The summed E-state index contributed by atoms with van der Waals surface area (Å²) in [6.07, 6.45) is 1.83. The molecule has 1 N–H and O–H groups in total. The summed E-state index contributed by atoms with van der Waals surface area (Å²) in [6, 6.07) is 18.0. The van der Waals surface area contributed by atoms with Crippen molar-refractivity contribution in [3.63, 3.8) is 0 Å². The van der Waals surface area contributed by atoms with Crippen molar-refractivity contribution in [1.29, 1.82) is 0 Å². The Bertz CT molecular complexity index is 800. The quantitative estimate of drug-likeness (QED) is 0.700. The van der Waals surface area contributed by atoms with Crippen molar-refractivity contribution in [1.82, 2.24) is 25.5 Å². The van der Waals surface area contributed by atoms with Crippen LogP contribution in [0, 0.1) is 0 Å². The fraction of sp³-hybridized carbons (Fsp3) is 0.316. The molecule has 1 aromatic heterocycles. The van der Waals surface area contributed by atoms with Gasteiger partial charge in [0, 0.05) is 11.6 Å². The van der Waals surface area contributed by atoms with Gasteiger partial charge in [0.2, 0.25) is 0 Å². The van der Waals surface area contributed by atoms with Gasteiger partial charge >= 0.3 is 0 Å². The minimum atomic E-state index is -0.322. The Morgan fingerprint density at radius 3 is 2.48 bits per heavy atom. The van der Waals surface area contributed by atoms with Crippen LogP contribution in [0.1, 0.15) is 31.7 Å². The van der Waals surface area contributed by atoms with Gasteiger partial charge in [-0.15, -0.1) is 5.10 Å². The average molecular weight is 356 g/mol. The molecule has 0 fully saturated rings. The molecule has 0 radical (unpaired) electrons. The molecule has 0 unspecified atom stereocenters. The van der Waals surface area contributed by atoms with Gasteiger partial charge in [0.15, 0.2) is 5.82 Å². The lowest BCUT2D eigenvalue weighted by Gasteiger charge is -2.28. The Kier molecular flexibility index (Phi) is 5.46. The molecule has 0 saturated heterocycles. The van der Waals surface area contributed by atoms with Gasteiger partial charge in [0.05, 0.1) is 11.2 Å². The zero-order valence-corrected chi connectivity index (χ0v) is 15.2. The third-order valence-electron chi connectivity index (χ3n) is 4.51. The maximum absolute atomic E-state index is 5.98. The summed E-state index contributed by atoms with van der Waals surface area (Å²) in [5.41, 5.74) is 1.89. The van der Waals surface area contributed by atoms with Crippen molar-refractivity contribution in [2.75, 3.05) is 6.54 Å². The monoisotopic (exact) mass is 355 g/mol. The first kappa shape index (κ1) is 17.6. The number of nitrogens with zero attached hydrogens (tertiary/aromatic N) is 4. The summed E-state index contributed by atoms with van der Waals surface area (Å²) in [7, 11) is 0. The minimum Gasteiger partial charge on any atom is -0.305 e. The number of halogens is 1. The van der Waals surface area contributed by atoms with Crippen LogP contribution < -0.4 is 5.32 Å². The molecule has 0 aliphatic carbocycles. The molecule has 0 saturated carbocycles. The summed E-state index contributed by atoms with van der Waals surface area (Å²) in [4.78, 5) is 0. The van der Waals surface area contributed by atoms with Crippen LogP contribution in [0.3, 0.4) is 0 Å². The second kappa shape index (κ2) is 7.76. The van der Waals surface area contributed by atoms with Crippen LogP contribution in [0.15, 0.2) is 54.6 Å². The van der Waals surface area contributed by atoms with Gasteiger partial charge in [0.25, 0.3) is 0 Å². The van der Waals surface area contributed by atoms with Crippen LogP contribution in [0.25, 0.3) is 5.69 Å². The van der Waals surface area contributed by atoms with Gasteiger partial charge in [-0.25, -0.2) is 0 Å². The molecule has 3 rings (SSSR count). The number of aromatic nitrogens is 4. The molecule has 0 spiro atoms. The van der Waals surface area contributed by atoms with E-state index in [1.807, 2.05) is 30.3 Å². The van der Waals surface area contributed by atoms with Crippen molar-refractivity contribution in [2.24, 2.45) is 0 Å². The first-order valence-corrected chi connectivity index (χ1v) is 8.84. The Hall–Kier alpha value is -2.24. The molecule has 0 aliphatic heterocycles. The molecule has 1 heterocycles. The van der Waals surface area contributed by atoms with E-state index in [0.29, 0.717) is 5.02 Å². The lowest BCUT2D eigenvalue weighted by Crippen LogP contribution is -2.42. The SMILES string of the molecule is CC[C@@](C)(NCCc1ccccc1)c1nnnn1-c1ccc(Cl)cc1. The Morgan fingerprint density at radius 2 is 1.80 bits per heavy atom. The van der Waals surface area contributed by atoms with Gasteiger partial charge in [-0.3, -0.25) is 0 Å². The number of tetrazole rings is 1. The molecule has 0 amide bonds. The first-order valence-electron chi connectivity index (χ1n) is 8.46. The number of nitrogens with one attached hydrogen (secondary N) is 1. The molecule has 25 heavy (non-hydrogen) atoms. The van der Waals surface area contributed by atoms with E-state index in [1.165, 1.54) is 5.56 Å². The minimum absolute atomic E-state index is 0.322. The highest BCUT2D eigenvalue weighted by atomic mass is 35.5. The molecule has 6 heteroatoms. The summed E-state index contributed by atoms with van der Waals surface area (Å²) >= 11 is 5.98. The first-order chi connectivity index (χ1) is 12.1. The van der Waals surface area contributed by atoms with E-state index in [-0.39, 0.29) is 5.54 Å². The van der Waals surface area contributed by atoms with Crippen LogP contribution in [-0.4, -0.2) is 26.8 Å². The fourth-order valence-electron chi connectivity index (χ4n) is 2.78. The Labute approximate surface area is 153 Å². The third kappa shape index (κ3) is 4.06. The van der Waals surface area contributed by atoms with Gasteiger partial charge in [-0.1, -0.05) is 48.9 Å². The third-order valence-corrected chi connectivity index (χ3v) is 4.76. The summed E-state index contributed by atoms with van der Waals surface area (Å²) in [5, 5.41) is 16.7. The second-order valence-corrected chi connectivity index (χ2v) is 6.68. The van der Waals surface area contributed by atoms with Crippen LogP contribution >= 0.6 is 11.6 Å². The van der Waals surface area contributed by atoms with E-state index < -0.39 is 0 Å². The maximum Gasteiger partial charge on any atom is 0.176 e.